The van der Waals surface area contributed by atoms with Crippen LogP contribution in [0.2, 0.25) is 5.15 Å². The van der Waals surface area contributed by atoms with Crippen molar-refractivity contribution in [2.75, 3.05) is 0 Å². The van der Waals surface area contributed by atoms with Crippen LogP contribution in [-0.4, -0.2) is 20.0 Å². The summed E-state index contributed by atoms with van der Waals surface area (Å²) in [5.41, 5.74) is 8.59. The molecule has 0 saturated heterocycles. The van der Waals surface area contributed by atoms with Crippen LogP contribution in [0.5, 0.6) is 0 Å². The van der Waals surface area contributed by atoms with Crippen molar-refractivity contribution in [1.82, 2.24) is 20.0 Å². The zero-order valence-electron chi connectivity index (χ0n) is 9.11. The first-order valence-corrected chi connectivity index (χ1v) is 5.26. The van der Waals surface area contributed by atoms with E-state index in [1.54, 1.807) is 16.8 Å². The molecule has 0 saturated carbocycles. The molecule has 2 rings (SSSR count). The monoisotopic (exact) mass is 237 g/mol. The van der Waals surface area contributed by atoms with Crippen LogP contribution >= 0.6 is 11.6 Å². The van der Waals surface area contributed by atoms with Crippen molar-refractivity contribution >= 4 is 11.6 Å². The zero-order chi connectivity index (χ0) is 11.7. The maximum atomic E-state index is 5.68. The lowest BCUT2D eigenvalue weighted by Crippen LogP contribution is -2.04. The maximum Gasteiger partial charge on any atom is 0.176 e. The molecule has 2 aromatic heterocycles. The van der Waals surface area contributed by atoms with E-state index in [2.05, 4.69) is 15.3 Å². The Morgan fingerprint density at radius 3 is 2.56 bits per heavy atom. The summed E-state index contributed by atoms with van der Waals surface area (Å²) in [6.45, 7) is 4.35. The molecule has 0 aliphatic carbocycles. The highest BCUT2D eigenvalue weighted by atomic mass is 35.5. The summed E-state index contributed by atoms with van der Waals surface area (Å²) in [5.74, 6) is 0.643. The summed E-state index contributed by atoms with van der Waals surface area (Å²) >= 11 is 5.68. The second kappa shape index (κ2) is 4.19. The fourth-order valence-electron chi connectivity index (χ4n) is 1.62. The van der Waals surface area contributed by atoms with Gasteiger partial charge in [-0.25, -0.2) is 4.68 Å². The predicted octanol–water partition coefficient (Wildman–Crippen LogP) is 1.39. The maximum absolute atomic E-state index is 5.68. The number of nitrogens with zero attached hydrogens (tertiary/aromatic N) is 4. The highest BCUT2D eigenvalue weighted by Gasteiger charge is 2.12. The molecule has 0 bridgehead atoms. The molecule has 0 aliphatic heterocycles. The average molecular weight is 238 g/mol. The molecule has 2 aromatic rings. The number of halogens is 1. The van der Waals surface area contributed by atoms with Crippen LogP contribution in [0, 0.1) is 13.8 Å². The van der Waals surface area contributed by atoms with Crippen LogP contribution in [0.25, 0.3) is 5.82 Å². The highest BCUT2D eigenvalue weighted by molar-refractivity contribution is 6.29. The molecule has 0 unspecified atom stereocenters. The Morgan fingerprint density at radius 2 is 2.06 bits per heavy atom. The van der Waals surface area contributed by atoms with Crippen LogP contribution in [-0.2, 0) is 6.54 Å². The van der Waals surface area contributed by atoms with Gasteiger partial charge in [-0.1, -0.05) is 11.6 Å². The first kappa shape index (κ1) is 11.0. The Balaban J connectivity index is 2.52. The number of hydrogen-bond acceptors (Lipinski definition) is 4. The molecule has 0 atom stereocenters. The summed E-state index contributed by atoms with van der Waals surface area (Å²) in [6, 6.07) is 3.46. The molecule has 5 nitrogen and oxygen atoms in total. The molecule has 16 heavy (non-hydrogen) atoms. The molecule has 0 fully saturated rings. The number of aryl methyl sites for hydroxylation is 1. The Morgan fingerprint density at radius 1 is 1.31 bits per heavy atom. The minimum atomic E-state index is 0.365. The van der Waals surface area contributed by atoms with Gasteiger partial charge in [0, 0.05) is 17.8 Å². The second-order valence-electron chi connectivity index (χ2n) is 3.48. The highest BCUT2D eigenvalue weighted by Crippen LogP contribution is 2.16. The average Bonchev–Trinajstić information content (AvgIpc) is 2.55. The third-order valence-electron chi connectivity index (χ3n) is 2.48. The SMILES string of the molecule is Cc1nn(-c2ccc(Cl)nn2)c(C)c1CN. The van der Waals surface area contributed by atoms with Gasteiger partial charge in [0.05, 0.1) is 5.69 Å². The molecule has 2 N–H and O–H groups in total. The Kier molecular flexibility index (Phi) is 2.89. The van der Waals surface area contributed by atoms with Crippen molar-refractivity contribution in [3.8, 4) is 5.82 Å². The Labute approximate surface area is 98.2 Å². The molecule has 6 heteroatoms. The lowest BCUT2D eigenvalue weighted by Gasteiger charge is -2.02. The molecular weight excluding hydrogens is 226 g/mol. The molecule has 2 heterocycles. The standard InChI is InChI=1S/C10H12ClN5/c1-6-8(5-12)7(2)16(15-6)10-4-3-9(11)13-14-10/h3-4H,5,12H2,1-2H3. The van der Waals surface area contributed by atoms with Gasteiger partial charge < -0.3 is 5.73 Å². The van der Waals surface area contributed by atoms with Crippen molar-refractivity contribution in [2.24, 2.45) is 5.73 Å². The van der Waals surface area contributed by atoms with Crippen LogP contribution in [0.1, 0.15) is 17.0 Å². The summed E-state index contributed by atoms with van der Waals surface area (Å²) in [5, 5.41) is 12.5. The molecule has 0 aliphatic rings. The van der Waals surface area contributed by atoms with Crippen LogP contribution in [0.15, 0.2) is 12.1 Å². The molecule has 84 valence electrons. The van der Waals surface area contributed by atoms with E-state index in [-0.39, 0.29) is 0 Å². The minimum Gasteiger partial charge on any atom is -0.326 e. The van der Waals surface area contributed by atoms with Crippen LogP contribution in [0.3, 0.4) is 0 Å². The summed E-state index contributed by atoms with van der Waals surface area (Å²) in [7, 11) is 0. The van der Waals surface area contributed by atoms with Gasteiger partial charge in [-0.05, 0) is 26.0 Å². The smallest absolute Gasteiger partial charge is 0.176 e. The van der Waals surface area contributed by atoms with Gasteiger partial charge in [0.25, 0.3) is 0 Å². The van der Waals surface area contributed by atoms with Gasteiger partial charge >= 0.3 is 0 Å². The first-order valence-electron chi connectivity index (χ1n) is 4.88. The van der Waals surface area contributed by atoms with Gasteiger partial charge in [-0.2, -0.15) is 5.10 Å². The number of nitrogens with two attached hydrogens (primary N) is 1. The summed E-state index contributed by atoms with van der Waals surface area (Å²) in [6.07, 6.45) is 0. The van der Waals surface area contributed by atoms with Gasteiger partial charge in [0.15, 0.2) is 11.0 Å². The molecular formula is C10H12ClN5. The number of aromatic nitrogens is 4. The van der Waals surface area contributed by atoms with E-state index < -0.39 is 0 Å². The normalized spacial score (nSPS) is 10.8. The van der Waals surface area contributed by atoms with Gasteiger partial charge in [-0.15, -0.1) is 10.2 Å². The van der Waals surface area contributed by atoms with E-state index in [1.807, 2.05) is 13.8 Å². The Bertz CT molecular complexity index is 503. The lowest BCUT2D eigenvalue weighted by atomic mass is 10.2. The van der Waals surface area contributed by atoms with E-state index >= 15 is 0 Å². The van der Waals surface area contributed by atoms with Crippen molar-refractivity contribution in [3.05, 3.63) is 34.2 Å². The summed E-state index contributed by atoms with van der Waals surface area (Å²) < 4.78 is 1.72. The van der Waals surface area contributed by atoms with E-state index in [0.29, 0.717) is 17.5 Å². The fourth-order valence-corrected chi connectivity index (χ4v) is 1.72. The van der Waals surface area contributed by atoms with E-state index in [4.69, 9.17) is 17.3 Å². The molecule has 0 aromatic carbocycles. The quantitative estimate of drug-likeness (QED) is 0.857. The van der Waals surface area contributed by atoms with Crippen LogP contribution < -0.4 is 5.73 Å². The van der Waals surface area contributed by atoms with Gasteiger partial charge in [-0.3, -0.25) is 0 Å². The van der Waals surface area contributed by atoms with Crippen LogP contribution in [0.4, 0.5) is 0 Å². The third-order valence-corrected chi connectivity index (χ3v) is 2.68. The molecule has 0 amide bonds. The van der Waals surface area contributed by atoms with Gasteiger partial charge in [0.1, 0.15) is 0 Å². The van der Waals surface area contributed by atoms with Gasteiger partial charge in [0.2, 0.25) is 0 Å². The zero-order valence-corrected chi connectivity index (χ0v) is 9.86. The first-order chi connectivity index (χ1) is 7.63. The van der Waals surface area contributed by atoms with E-state index in [0.717, 1.165) is 17.0 Å². The predicted molar refractivity (Wildman–Crippen MR) is 61.5 cm³/mol. The van der Waals surface area contributed by atoms with Crippen molar-refractivity contribution in [2.45, 2.75) is 20.4 Å². The summed E-state index contributed by atoms with van der Waals surface area (Å²) in [4.78, 5) is 0. The van der Waals surface area contributed by atoms with Crippen molar-refractivity contribution < 1.29 is 0 Å². The minimum absolute atomic E-state index is 0.365. The second-order valence-corrected chi connectivity index (χ2v) is 3.87. The van der Waals surface area contributed by atoms with E-state index in [9.17, 15) is 0 Å². The van der Waals surface area contributed by atoms with Crippen molar-refractivity contribution in [1.29, 1.82) is 0 Å². The largest absolute Gasteiger partial charge is 0.326 e. The Hall–Kier alpha value is -1.46. The lowest BCUT2D eigenvalue weighted by molar-refractivity contribution is 0.780. The number of rotatable bonds is 2. The molecule has 0 radical (unpaired) electrons. The topological polar surface area (TPSA) is 69.6 Å². The van der Waals surface area contributed by atoms with Crippen molar-refractivity contribution in [3.63, 3.8) is 0 Å². The number of hydrogen-bond donors (Lipinski definition) is 1. The van der Waals surface area contributed by atoms with E-state index in [1.165, 1.54) is 0 Å². The third kappa shape index (κ3) is 1.79. The molecule has 0 spiro atoms. The fraction of sp³-hybridized carbons (Fsp3) is 0.300.